The van der Waals surface area contributed by atoms with Crippen LogP contribution in [-0.2, 0) is 26.0 Å². The number of ether oxygens (including phenoxy) is 1. The number of halogens is 1. The Morgan fingerprint density at radius 3 is 2.52 bits per heavy atom. The Balaban J connectivity index is 1.70. The lowest BCUT2D eigenvalue weighted by Gasteiger charge is -2.32. The first-order valence-corrected chi connectivity index (χ1v) is 12.0. The number of hydrogen-bond donors (Lipinski definition) is 1. The topological polar surface area (TPSA) is 92.8 Å². The maximum absolute atomic E-state index is 13.4. The van der Waals surface area contributed by atoms with Gasteiger partial charge in [0.15, 0.2) is 0 Å². The lowest BCUT2D eigenvalue weighted by atomic mass is 9.99. The van der Waals surface area contributed by atoms with E-state index in [1.54, 1.807) is 24.3 Å². The van der Waals surface area contributed by atoms with Gasteiger partial charge in [-0.1, -0.05) is 42.8 Å². The van der Waals surface area contributed by atoms with Crippen molar-refractivity contribution in [1.29, 1.82) is 0 Å². The molecule has 1 amide bonds. The zero-order valence-corrected chi connectivity index (χ0v) is 19.5. The number of nitrogens with one attached hydrogen (secondary N) is 1. The molecule has 0 fully saturated rings. The summed E-state index contributed by atoms with van der Waals surface area (Å²) in [6.07, 6.45) is 0.789. The number of anilines is 2. The third-order valence-corrected chi connectivity index (χ3v) is 7.58. The van der Waals surface area contributed by atoms with Crippen LogP contribution in [-0.4, -0.2) is 33.9 Å². The lowest BCUT2D eigenvalue weighted by molar-refractivity contribution is -0.114. The van der Waals surface area contributed by atoms with E-state index in [0.29, 0.717) is 11.3 Å². The zero-order chi connectivity index (χ0) is 23.8. The van der Waals surface area contributed by atoms with Crippen LogP contribution >= 0.6 is 11.6 Å². The summed E-state index contributed by atoms with van der Waals surface area (Å²) in [5, 5.41) is 2.81. The van der Waals surface area contributed by atoms with E-state index in [1.807, 2.05) is 19.1 Å². The second-order valence-electron chi connectivity index (χ2n) is 7.45. The Labute approximate surface area is 197 Å². The molecule has 0 spiro atoms. The van der Waals surface area contributed by atoms with Crippen molar-refractivity contribution in [2.45, 2.75) is 18.2 Å². The molecule has 3 aromatic rings. The van der Waals surface area contributed by atoms with E-state index < -0.39 is 28.4 Å². The molecule has 0 saturated heterocycles. The van der Waals surface area contributed by atoms with E-state index in [9.17, 15) is 18.0 Å². The van der Waals surface area contributed by atoms with Crippen LogP contribution in [0, 0.1) is 0 Å². The first kappa shape index (κ1) is 22.8. The number of carbonyl (C=O) groups excluding carboxylic acids is 2. The number of fused-ring (bicyclic) bond motifs is 3. The van der Waals surface area contributed by atoms with Crippen LogP contribution in [0.15, 0.2) is 65.6 Å². The molecule has 0 aromatic heterocycles. The van der Waals surface area contributed by atoms with Crippen LogP contribution in [0.1, 0.15) is 22.8 Å². The number of rotatable bonds is 5. The summed E-state index contributed by atoms with van der Waals surface area (Å²) in [6.45, 7) is 1.55. The van der Waals surface area contributed by atoms with Gasteiger partial charge in [-0.3, -0.25) is 9.10 Å². The minimum atomic E-state index is -3.97. The van der Waals surface area contributed by atoms with Gasteiger partial charge in [0.05, 0.1) is 34.0 Å². The summed E-state index contributed by atoms with van der Waals surface area (Å²) in [5.74, 6) is -1.19. The summed E-state index contributed by atoms with van der Waals surface area (Å²) < 4.78 is 32.6. The quantitative estimate of drug-likeness (QED) is 0.538. The highest BCUT2D eigenvalue weighted by Crippen LogP contribution is 2.43. The molecule has 0 aliphatic carbocycles. The van der Waals surface area contributed by atoms with Crippen molar-refractivity contribution in [1.82, 2.24) is 0 Å². The van der Waals surface area contributed by atoms with Crippen LogP contribution < -0.4 is 9.62 Å². The zero-order valence-electron chi connectivity index (χ0n) is 18.0. The molecule has 1 aliphatic rings. The smallest absolute Gasteiger partial charge is 0.337 e. The fourth-order valence-corrected chi connectivity index (χ4v) is 5.57. The van der Waals surface area contributed by atoms with Crippen molar-refractivity contribution in [3.8, 4) is 11.1 Å². The van der Waals surface area contributed by atoms with Gasteiger partial charge in [0.2, 0.25) is 5.91 Å². The van der Waals surface area contributed by atoms with Crippen molar-refractivity contribution in [2.24, 2.45) is 0 Å². The molecule has 0 bridgehead atoms. The molecular weight excluding hydrogens is 464 g/mol. The van der Waals surface area contributed by atoms with Crippen molar-refractivity contribution in [2.75, 3.05) is 23.3 Å². The molecule has 1 heterocycles. The standard InChI is InChI=1S/C24H21ClN2O5S/c1-3-15-8-11-21-18(12-15)17-6-4-5-7-22(17)33(30,31)27(21)14-23(28)26-20-13-16(24(29)32-2)9-10-19(20)25/h4-13H,3,14H2,1-2H3,(H,26,28). The Bertz CT molecular complexity index is 1370. The number of nitrogens with zero attached hydrogens (tertiary/aromatic N) is 1. The first-order chi connectivity index (χ1) is 15.8. The number of amides is 1. The predicted octanol–water partition coefficient (Wildman–Crippen LogP) is 4.50. The number of sulfonamides is 1. The number of aryl methyl sites for hydroxylation is 1. The maximum atomic E-state index is 13.4. The van der Waals surface area contributed by atoms with Crippen LogP contribution in [0.25, 0.3) is 11.1 Å². The molecule has 0 saturated carbocycles. The highest BCUT2D eigenvalue weighted by atomic mass is 35.5. The number of hydrogen-bond acceptors (Lipinski definition) is 5. The van der Waals surface area contributed by atoms with Crippen molar-refractivity contribution in [3.05, 3.63) is 76.8 Å². The Morgan fingerprint density at radius 1 is 1.03 bits per heavy atom. The van der Waals surface area contributed by atoms with E-state index >= 15 is 0 Å². The number of benzene rings is 3. The summed E-state index contributed by atoms with van der Waals surface area (Å²) in [7, 11) is -2.73. The van der Waals surface area contributed by atoms with Gasteiger partial charge in [0.1, 0.15) is 6.54 Å². The van der Waals surface area contributed by atoms with Crippen molar-refractivity contribution in [3.63, 3.8) is 0 Å². The molecule has 1 N–H and O–H groups in total. The van der Waals surface area contributed by atoms with Gasteiger partial charge < -0.3 is 10.1 Å². The van der Waals surface area contributed by atoms with Gasteiger partial charge in [0.25, 0.3) is 10.0 Å². The average molecular weight is 485 g/mol. The van der Waals surface area contributed by atoms with Gasteiger partial charge in [-0.05, 0) is 48.4 Å². The Kier molecular flexibility index (Phi) is 6.14. The minimum absolute atomic E-state index is 0.143. The van der Waals surface area contributed by atoms with Gasteiger partial charge in [0, 0.05) is 11.1 Å². The molecule has 0 atom stereocenters. The molecule has 170 valence electrons. The molecule has 0 unspecified atom stereocenters. The number of esters is 1. The molecular formula is C24H21ClN2O5S. The predicted molar refractivity (Wildman–Crippen MR) is 127 cm³/mol. The number of methoxy groups -OCH3 is 1. The van der Waals surface area contributed by atoms with Gasteiger partial charge in [-0.25, -0.2) is 13.2 Å². The first-order valence-electron chi connectivity index (χ1n) is 10.2. The lowest BCUT2D eigenvalue weighted by Crippen LogP contribution is -2.40. The SMILES string of the molecule is CCc1ccc2c(c1)-c1ccccc1S(=O)(=O)N2CC(=O)Nc1cc(C(=O)OC)ccc1Cl. The molecule has 33 heavy (non-hydrogen) atoms. The molecule has 0 radical (unpaired) electrons. The van der Waals surface area contributed by atoms with E-state index in [1.165, 1.54) is 31.4 Å². The third-order valence-electron chi connectivity index (χ3n) is 5.43. The van der Waals surface area contributed by atoms with E-state index in [0.717, 1.165) is 21.9 Å². The summed E-state index contributed by atoms with van der Waals surface area (Å²) in [6, 6.07) is 16.6. The largest absolute Gasteiger partial charge is 0.465 e. The van der Waals surface area contributed by atoms with Gasteiger partial charge >= 0.3 is 5.97 Å². The third kappa shape index (κ3) is 4.19. The van der Waals surface area contributed by atoms with Crippen LogP contribution in [0.3, 0.4) is 0 Å². The Hall–Kier alpha value is -3.36. The fourth-order valence-electron chi connectivity index (χ4n) is 3.75. The number of carbonyl (C=O) groups is 2. The van der Waals surface area contributed by atoms with E-state index in [2.05, 4.69) is 5.32 Å². The Morgan fingerprint density at radius 2 is 1.79 bits per heavy atom. The monoisotopic (exact) mass is 484 g/mol. The summed E-state index contributed by atoms with van der Waals surface area (Å²) in [4.78, 5) is 24.9. The molecule has 1 aliphatic heterocycles. The van der Waals surface area contributed by atoms with Gasteiger partial charge in [-0.2, -0.15) is 0 Å². The second kappa shape index (κ2) is 8.88. The summed E-state index contributed by atoms with van der Waals surface area (Å²) in [5.41, 5.74) is 3.22. The highest BCUT2D eigenvalue weighted by molar-refractivity contribution is 7.93. The molecule has 9 heteroatoms. The normalized spacial score (nSPS) is 13.6. The summed E-state index contributed by atoms with van der Waals surface area (Å²) >= 11 is 6.17. The van der Waals surface area contributed by atoms with Crippen molar-refractivity contribution >= 4 is 44.9 Å². The molecule has 7 nitrogen and oxygen atoms in total. The van der Waals surface area contributed by atoms with Crippen LogP contribution in [0.4, 0.5) is 11.4 Å². The second-order valence-corrected chi connectivity index (χ2v) is 9.69. The average Bonchev–Trinajstić information content (AvgIpc) is 2.82. The van der Waals surface area contributed by atoms with E-state index in [-0.39, 0.29) is 21.2 Å². The van der Waals surface area contributed by atoms with Gasteiger partial charge in [-0.15, -0.1) is 0 Å². The molecule has 4 rings (SSSR count). The maximum Gasteiger partial charge on any atom is 0.337 e. The van der Waals surface area contributed by atoms with Crippen LogP contribution in [0.2, 0.25) is 5.02 Å². The highest BCUT2D eigenvalue weighted by Gasteiger charge is 2.36. The minimum Gasteiger partial charge on any atom is -0.465 e. The van der Waals surface area contributed by atoms with E-state index in [4.69, 9.17) is 16.3 Å². The van der Waals surface area contributed by atoms with Crippen LogP contribution in [0.5, 0.6) is 0 Å². The fraction of sp³-hybridized carbons (Fsp3) is 0.167. The molecule has 3 aromatic carbocycles. The van der Waals surface area contributed by atoms with Crippen molar-refractivity contribution < 1.29 is 22.7 Å².